The molecule has 0 spiro atoms. The van der Waals surface area contributed by atoms with Crippen molar-refractivity contribution in [1.82, 2.24) is 0 Å². The minimum atomic E-state index is -4.53. The summed E-state index contributed by atoms with van der Waals surface area (Å²) < 4.78 is 76.3. The van der Waals surface area contributed by atoms with Crippen molar-refractivity contribution < 1.29 is 40.2 Å². The summed E-state index contributed by atoms with van der Waals surface area (Å²) in [5.41, 5.74) is 15.5. The van der Waals surface area contributed by atoms with E-state index in [9.17, 15) is 30.7 Å². The maximum Gasteiger partial charge on any atom is 0.323 e. The number of methoxy groups -OCH3 is 2. The summed E-state index contributed by atoms with van der Waals surface area (Å²) >= 11 is 0. The van der Waals surface area contributed by atoms with Crippen LogP contribution in [0.3, 0.4) is 0 Å². The second kappa shape index (κ2) is 14.5. The molecule has 4 rings (SSSR count). The van der Waals surface area contributed by atoms with Crippen LogP contribution in [0.25, 0.3) is 0 Å². The average Bonchev–Trinajstić information content (AvgIpc) is 3.02. The number of hydrogen-bond donors (Lipinski definition) is 6. The van der Waals surface area contributed by atoms with Crippen molar-refractivity contribution >= 4 is 71.8 Å². The van der Waals surface area contributed by atoms with E-state index in [1.807, 2.05) is 0 Å². The van der Waals surface area contributed by atoms with E-state index in [2.05, 4.69) is 31.1 Å². The Kier molecular flexibility index (Phi) is 10.8. The third-order valence-electron chi connectivity index (χ3n) is 7.45. The lowest BCUT2D eigenvalue weighted by atomic mass is 10.1. The fourth-order valence-corrected chi connectivity index (χ4v) is 5.56. The van der Waals surface area contributed by atoms with Gasteiger partial charge >= 0.3 is 6.03 Å². The van der Waals surface area contributed by atoms with Crippen LogP contribution < -0.4 is 31.6 Å². The van der Waals surface area contributed by atoms with Crippen molar-refractivity contribution in [3.05, 3.63) is 70.8 Å². The van der Waals surface area contributed by atoms with Gasteiger partial charge in [0.05, 0.1) is 58.1 Å². The Morgan fingerprint density at radius 2 is 0.940 bits per heavy atom. The van der Waals surface area contributed by atoms with E-state index >= 15 is 0 Å². The summed E-state index contributed by atoms with van der Waals surface area (Å²) in [6.07, 6.45) is 0. The molecular weight excluding hydrogens is 693 g/mol. The third kappa shape index (κ3) is 8.50. The molecule has 17 nitrogen and oxygen atoms in total. The number of hydrogen-bond acceptors (Lipinski definition) is 13. The van der Waals surface area contributed by atoms with Gasteiger partial charge in [-0.15, -0.1) is 0 Å². The molecule has 19 heteroatoms. The van der Waals surface area contributed by atoms with Crippen LogP contribution >= 0.6 is 0 Å². The van der Waals surface area contributed by atoms with Gasteiger partial charge in [-0.25, -0.2) is 4.79 Å². The van der Waals surface area contributed by atoms with E-state index in [0.29, 0.717) is 33.6 Å². The molecule has 0 aliphatic rings. The van der Waals surface area contributed by atoms with Gasteiger partial charge in [0.2, 0.25) is 0 Å². The first-order valence-electron chi connectivity index (χ1n) is 14.4. The smallest absolute Gasteiger partial charge is 0.323 e. The molecule has 0 aromatic heterocycles. The largest absolute Gasteiger partial charge is 0.494 e. The molecule has 0 atom stereocenters. The summed E-state index contributed by atoms with van der Waals surface area (Å²) in [5, 5.41) is 22.1. The van der Waals surface area contributed by atoms with Crippen LogP contribution in [-0.4, -0.2) is 46.2 Å². The van der Waals surface area contributed by atoms with Gasteiger partial charge in [-0.1, -0.05) is 0 Å². The summed E-state index contributed by atoms with van der Waals surface area (Å²) in [5.74, 6) is 0.464. The van der Waals surface area contributed by atoms with Crippen molar-refractivity contribution in [2.75, 3.05) is 36.3 Å². The summed E-state index contributed by atoms with van der Waals surface area (Å²) in [6, 6.07) is 10.1. The molecule has 0 saturated heterocycles. The molecule has 0 unspecified atom stereocenters. The molecule has 0 fully saturated rings. The Morgan fingerprint density at radius 1 is 0.600 bits per heavy atom. The molecule has 0 radical (unpaired) electrons. The van der Waals surface area contributed by atoms with Gasteiger partial charge in [-0.05, 0) is 86.3 Å². The molecule has 50 heavy (non-hydrogen) atoms. The van der Waals surface area contributed by atoms with E-state index in [4.69, 9.17) is 20.9 Å². The number of carbonyl (C=O) groups is 1. The van der Waals surface area contributed by atoms with E-state index in [1.165, 1.54) is 26.4 Å². The van der Waals surface area contributed by atoms with Gasteiger partial charge in [0.1, 0.15) is 11.5 Å². The molecule has 4 aromatic rings. The Labute approximate surface area is 287 Å². The molecule has 2 amide bonds. The number of nitrogens with zero attached hydrogens (tertiary/aromatic N) is 4. The van der Waals surface area contributed by atoms with Crippen LogP contribution in [0.5, 0.6) is 11.5 Å². The van der Waals surface area contributed by atoms with Crippen LogP contribution in [-0.2, 0) is 20.2 Å². The van der Waals surface area contributed by atoms with Gasteiger partial charge in [0, 0.05) is 23.5 Å². The van der Waals surface area contributed by atoms with Crippen LogP contribution in [0, 0.1) is 27.7 Å². The quantitative estimate of drug-likeness (QED) is 0.0546. The summed E-state index contributed by atoms with van der Waals surface area (Å²) in [6.45, 7) is 6.66. The number of amides is 2. The van der Waals surface area contributed by atoms with E-state index in [-0.39, 0.29) is 45.6 Å². The normalized spacial score (nSPS) is 12.0. The second-order valence-corrected chi connectivity index (χ2v) is 13.8. The fourth-order valence-electron chi connectivity index (χ4n) is 4.49. The number of urea groups is 1. The molecule has 0 aliphatic carbocycles. The van der Waals surface area contributed by atoms with Gasteiger partial charge in [-0.3, -0.25) is 9.11 Å². The maximum absolute atomic E-state index is 13.1. The number of anilines is 4. The average molecular weight is 727 g/mol. The molecule has 0 bridgehead atoms. The number of benzene rings is 4. The maximum atomic E-state index is 13.1. The highest BCUT2D eigenvalue weighted by Gasteiger charge is 2.18. The third-order valence-corrected chi connectivity index (χ3v) is 9.11. The lowest BCUT2D eigenvalue weighted by Gasteiger charge is -2.15. The minimum absolute atomic E-state index is 0.101. The van der Waals surface area contributed by atoms with E-state index in [1.54, 1.807) is 39.8 Å². The fraction of sp³-hybridized carbons (Fsp3) is 0.194. The number of nitrogens with two attached hydrogens (primary N) is 2. The molecule has 0 saturated carbocycles. The highest BCUT2D eigenvalue weighted by atomic mass is 32.2. The number of azo groups is 2. The molecule has 264 valence electrons. The number of carbonyl (C=O) groups excluding carboxylic acids is 1. The predicted octanol–water partition coefficient (Wildman–Crippen LogP) is 7.07. The molecule has 0 aliphatic heterocycles. The van der Waals surface area contributed by atoms with Gasteiger partial charge in [0.15, 0.2) is 0 Å². The zero-order valence-corrected chi connectivity index (χ0v) is 29.3. The van der Waals surface area contributed by atoms with Crippen molar-refractivity contribution in [3.63, 3.8) is 0 Å². The molecule has 4 aromatic carbocycles. The SMILES string of the molecule is COc1cc(N=Nc2cc(S(=O)(=O)O)cc(N)c2C)c(C)cc1NC(=O)Nc1cc(C)c(N=Nc2cc(S(=O)(=O)O)cc(N)c2C)cc1OC. The zero-order valence-electron chi connectivity index (χ0n) is 27.6. The standard InChI is InChI=1S/C31H34N8O9S2/c1-15-7-27(29(47-5)13-23(15)36-38-25-11-19(49(41,42)43)9-21(32)17(25)3)34-31(40)35-28-8-16(2)24(14-30(28)48-6)37-39-26-12-20(50(44,45)46)10-22(33)18(26)4/h7-14H,32-33H2,1-6H3,(H2,34,35,40)(H,41,42,43)(H,44,45,46). The first kappa shape index (κ1) is 37.2. The topological polar surface area (TPSA) is 270 Å². The van der Waals surface area contributed by atoms with Gasteiger partial charge < -0.3 is 31.6 Å². The number of nitrogens with one attached hydrogen (secondary N) is 2. The van der Waals surface area contributed by atoms with Crippen LogP contribution in [0.4, 0.5) is 50.3 Å². The highest BCUT2D eigenvalue weighted by molar-refractivity contribution is 7.86. The number of ether oxygens (including phenoxy) is 2. The summed E-state index contributed by atoms with van der Waals surface area (Å²) in [7, 11) is -6.27. The Balaban J connectivity index is 1.56. The van der Waals surface area contributed by atoms with Gasteiger partial charge in [-0.2, -0.15) is 37.3 Å². The first-order chi connectivity index (χ1) is 23.3. The lowest BCUT2D eigenvalue weighted by Crippen LogP contribution is -2.20. The van der Waals surface area contributed by atoms with Crippen molar-refractivity contribution in [3.8, 4) is 11.5 Å². The minimum Gasteiger partial charge on any atom is -0.494 e. The van der Waals surface area contributed by atoms with Crippen molar-refractivity contribution in [2.24, 2.45) is 20.5 Å². The Hall–Kier alpha value is -5.63. The molecule has 0 heterocycles. The molecule has 8 N–H and O–H groups in total. The predicted molar refractivity (Wildman–Crippen MR) is 187 cm³/mol. The number of rotatable bonds is 10. The van der Waals surface area contributed by atoms with Crippen molar-refractivity contribution in [1.29, 1.82) is 0 Å². The second-order valence-electron chi connectivity index (χ2n) is 10.9. The van der Waals surface area contributed by atoms with Crippen LogP contribution in [0.1, 0.15) is 22.3 Å². The first-order valence-corrected chi connectivity index (χ1v) is 17.2. The van der Waals surface area contributed by atoms with Gasteiger partial charge in [0.25, 0.3) is 20.2 Å². The zero-order chi connectivity index (χ0) is 37.1. The molecular formula is C31H34N8O9S2. The van der Waals surface area contributed by atoms with Crippen LogP contribution in [0.2, 0.25) is 0 Å². The Bertz CT molecular complexity index is 2130. The van der Waals surface area contributed by atoms with Crippen molar-refractivity contribution in [2.45, 2.75) is 37.5 Å². The highest BCUT2D eigenvalue weighted by Crippen LogP contribution is 2.38. The summed E-state index contributed by atoms with van der Waals surface area (Å²) in [4.78, 5) is 12.3. The van der Waals surface area contributed by atoms with E-state index in [0.717, 1.165) is 24.3 Å². The Morgan fingerprint density at radius 3 is 1.26 bits per heavy atom. The van der Waals surface area contributed by atoms with E-state index < -0.39 is 36.1 Å². The number of aryl methyl sites for hydroxylation is 2. The lowest BCUT2D eigenvalue weighted by molar-refractivity contribution is 0.262. The number of nitrogen functional groups attached to an aromatic ring is 2. The monoisotopic (exact) mass is 726 g/mol. The van der Waals surface area contributed by atoms with Crippen LogP contribution in [0.15, 0.2) is 78.8 Å².